The van der Waals surface area contributed by atoms with Crippen molar-refractivity contribution in [2.45, 2.75) is 6.42 Å². The first-order chi connectivity index (χ1) is 3.93. The molecule has 8 heavy (non-hydrogen) atoms. The fourth-order valence-corrected chi connectivity index (χ4v) is 1.43. The number of halogens is 1. The van der Waals surface area contributed by atoms with Crippen molar-refractivity contribution < 1.29 is 0 Å². The van der Waals surface area contributed by atoms with E-state index in [1.807, 2.05) is 0 Å². The summed E-state index contributed by atoms with van der Waals surface area (Å²) in [6.07, 6.45) is 1.31. The highest BCUT2D eigenvalue weighted by molar-refractivity contribution is 14.1. The Hall–Kier alpha value is 0.650. The predicted molar refractivity (Wildman–Crippen MR) is 43.1 cm³/mol. The highest BCUT2D eigenvalue weighted by Crippen LogP contribution is 1.97. The maximum atomic E-state index is 3.31. The normalized spacial score (nSPS) is 23.6. The first-order valence-electron chi connectivity index (χ1n) is 2.92. The van der Waals surface area contributed by atoms with Gasteiger partial charge in [-0.25, -0.2) is 0 Å². The van der Waals surface area contributed by atoms with Crippen LogP contribution in [0.4, 0.5) is 0 Å². The SMILES string of the molecule is ICN1CCCNC1. The largest absolute Gasteiger partial charge is 0.304 e. The van der Waals surface area contributed by atoms with Gasteiger partial charge < -0.3 is 5.32 Å². The Morgan fingerprint density at radius 1 is 1.62 bits per heavy atom. The van der Waals surface area contributed by atoms with Gasteiger partial charge in [-0.2, -0.15) is 0 Å². The van der Waals surface area contributed by atoms with Gasteiger partial charge in [0.2, 0.25) is 0 Å². The first kappa shape index (κ1) is 6.77. The molecular weight excluding hydrogens is 215 g/mol. The molecule has 48 valence electrons. The molecule has 1 saturated heterocycles. The molecule has 1 aliphatic rings. The summed E-state index contributed by atoms with van der Waals surface area (Å²) in [6, 6.07) is 0. The van der Waals surface area contributed by atoms with Crippen molar-refractivity contribution >= 4 is 22.6 Å². The Morgan fingerprint density at radius 3 is 2.88 bits per heavy atom. The van der Waals surface area contributed by atoms with Gasteiger partial charge in [0.15, 0.2) is 0 Å². The van der Waals surface area contributed by atoms with Gasteiger partial charge in [-0.05, 0) is 13.0 Å². The Kier molecular flexibility index (Phi) is 3.07. The molecule has 0 spiro atoms. The number of nitrogens with zero attached hydrogens (tertiary/aromatic N) is 1. The Bertz CT molecular complexity index is 61.4. The molecule has 0 aromatic rings. The molecule has 1 fully saturated rings. The van der Waals surface area contributed by atoms with Crippen LogP contribution < -0.4 is 5.32 Å². The van der Waals surface area contributed by atoms with E-state index in [0.29, 0.717) is 0 Å². The summed E-state index contributed by atoms with van der Waals surface area (Å²) in [5.41, 5.74) is 0. The number of hydrogen-bond acceptors (Lipinski definition) is 2. The third-order valence-electron chi connectivity index (χ3n) is 1.33. The van der Waals surface area contributed by atoms with Crippen LogP contribution in [0.2, 0.25) is 0 Å². The van der Waals surface area contributed by atoms with E-state index < -0.39 is 0 Å². The van der Waals surface area contributed by atoms with Gasteiger partial charge >= 0.3 is 0 Å². The smallest absolute Gasteiger partial charge is 0.0518 e. The zero-order valence-corrected chi connectivity index (χ0v) is 7.02. The zero-order valence-electron chi connectivity index (χ0n) is 4.86. The first-order valence-corrected chi connectivity index (χ1v) is 4.45. The standard InChI is InChI=1S/C5H11IN2/c6-4-8-3-1-2-7-5-8/h7H,1-5H2. The minimum absolute atomic E-state index is 1.09. The molecule has 0 aromatic carbocycles. The molecule has 1 N–H and O–H groups in total. The Labute approximate surface area is 63.8 Å². The molecule has 1 heterocycles. The van der Waals surface area contributed by atoms with Crippen molar-refractivity contribution in [2.24, 2.45) is 0 Å². The Morgan fingerprint density at radius 2 is 2.50 bits per heavy atom. The summed E-state index contributed by atoms with van der Waals surface area (Å²) < 4.78 is 1.16. The molecule has 0 amide bonds. The molecule has 0 unspecified atom stereocenters. The number of nitrogens with one attached hydrogen (secondary N) is 1. The number of rotatable bonds is 1. The third kappa shape index (κ3) is 1.87. The monoisotopic (exact) mass is 226 g/mol. The van der Waals surface area contributed by atoms with Crippen LogP contribution in [0.25, 0.3) is 0 Å². The van der Waals surface area contributed by atoms with Crippen LogP contribution >= 0.6 is 22.6 Å². The Balaban J connectivity index is 2.13. The van der Waals surface area contributed by atoms with Crippen LogP contribution in [0.5, 0.6) is 0 Å². The van der Waals surface area contributed by atoms with E-state index in [0.717, 1.165) is 11.2 Å². The number of hydrogen-bond donors (Lipinski definition) is 1. The average molecular weight is 226 g/mol. The highest BCUT2D eigenvalue weighted by atomic mass is 127. The van der Waals surface area contributed by atoms with Crippen molar-refractivity contribution in [2.75, 3.05) is 24.3 Å². The fraction of sp³-hybridized carbons (Fsp3) is 1.00. The summed E-state index contributed by atoms with van der Waals surface area (Å²) in [5, 5.41) is 3.31. The van der Waals surface area contributed by atoms with Crippen LogP contribution in [-0.2, 0) is 0 Å². The second-order valence-corrected chi connectivity index (χ2v) is 2.71. The molecule has 0 bridgehead atoms. The fourth-order valence-electron chi connectivity index (χ4n) is 0.846. The molecule has 2 nitrogen and oxygen atoms in total. The second-order valence-electron chi connectivity index (χ2n) is 2.03. The van der Waals surface area contributed by atoms with E-state index >= 15 is 0 Å². The molecule has 0 radical (unpaired) electrons. The van der Waals surface area contributed by atoms with Crippen molar-refractivity contribution in [3.8, 4) is 0 Å². The van der Waals surface area contributed by atoms with E-state index in [2.05, 4.69) is 32.8 Å². The van der Waals surface area contributed by atoms with Crippen LogP contribution in [0.3, 0.4) is 0 Å². The van der Waals surface area contributed by atoms with Crippen molar-refractivity contribution in [1.82, 2.24) is 10.2 Å². The van der Waals surface area contributed by atoms with Gasteiger partial charge in [0.05, 0.1) is 4.55 Å². The molecular formula is C5H11IN2. The minimum Gasteiger partial charge on any atom is -0.304 e. The quantitative estimate of drug-likeness (QED) is 0.401. The summed E-state index contributed by atoms with van der Waals surface area (Å²) in [5.74, 6) is 0. The third-order valence-corrected chi connectivity index (χ3v) is 2.30. The second kappa shape index (κ2) is 3.63. The van der Waals surface area contributed by atoms with E-state index in [1.54, 1.807) is 0 Å². The van der Waals surface area contributed by atoms with E-state index in [-0.39, 0.29) is 0 Å². The van der Waals surface area contributed by atoms with Crippen LogP contribution in [0.15, 0.2) is 0 Å². The topological polar surface area (TPSA) is 15.3 Å². The minimum atomic E-state index is 1.09. The summed E-state index contributed by atoms with van der Waals surface area (Å²) in [7, 11) is 0. The van der Waals surface area contributed by atoms with Gasteiger partial charge in [-0.1, -0.05) is 22.6 Å². The van der Waals surface area contributed by atoms with E-state index in [9.17, 15) is 0 Å². The molecule has 1 rings (SSSR count). The van der Waals surface area contributed by atoms with Gasteiger partial charge in [0, 0.05) is 13.2 Å². The van der Waals surface area contributed by atoms with Crippen molar-refractivity contribution in [3.63, 3.8) is 0 Å². The van der Waals surface area contributed by atoms with Gasteiger partial charge in [0.25, 0.3) is 0 Å². The lowest BCUT2D eigenvalue weighted by molar-refractivity contribution is 0.256. The average Bonchev–Trinajstić information content (AvgIpc) is 1.90. The van der Waals surface area contributed by atoms with Gasteiger partial charge in [-0.15, -0.1) is 0 Å². The zero-order chi connectivity index (χ0) is 5.82. The van der Waals surface area contributed by atoms with Crippen LogP contribution in [0.1, 0.15) is 6.42 Å². The van der Waals surface area contributed by atoms with Crippen molar-refractivity contribution in [3.05, 3.63) is 0 Å². The summed E-state index contributed by atoms with van der Waals surface area (Å²) in [6.45, 7) is 3.56. The lowest BCUT2D eigenvalue weighted by Gasteiger charge is -2.24. The highest BCUT2D eigenvalue weighted by Gasteiger charge is 2.05. The predicted octanol–water partition coefficient (Wildman–Crippen LogP) is 0.632. The molecule has 0 aliphatic carbocycles. The summed E-state index contributed by atoms with van der Waals surface area (Å²) in [4.78, 5) is 2.39. The molecule has 0 atom stereocenters. The number of alkyl halides is 1. The molecule has 3 heteroatoms. The lowest BCUT2D eigenvalue weighted by atomic mass is 10.3. The van der Waals surface area contributed by atoms with Gasteiger partial charge in [-0.3, -0.25) is 4.90 Å². The molecule has 1 aliphatic heterocycles. The van der Waals surface area contributed by atoms with E-state index in [4.69, 9.17) is 0 Å². The van der Waals surface area contributed by atoms with E-state index in [1.165, 1.54) is 19.5 Å². The van der Waals surface area contributed by atoms with Gasteiger partial charge in [0.1, 0.15) is 0 Å². The maximum absolute atomic E-state index is 3.31. The van der Waals surface area contributed by atoms with Crippen LogP contribution in [-0.4, -0.2) is 29.2 Å². The summed E-state index contributed by atoms with van der Waals surface area (Å²) >= 11 is 2.39. The van der Waals surface area contributed by atoms with Crippen molar-refractivity contribution in [1.29, 1.82) is 0 Å². The molecule has 0 saturated carbocycles. The molecule has 0 aromatic heterocycles. The lowest BCUT2D eigenvalue weighted by Crippen LogP contribution is -2.40. The van der Waals surface area contributed by atoms with Crippen LogP contribution in [0, 0.1) is 0 Å². The maximum Gasteiger partial charge on any atom is 0.0518 e.